The predicted molar refractivity (Wildman–Crippen MR) is 99.8 cm³/mol. The van der Waals surface area contributed by atoms with Crippen LogP contribution in [0.2, 0.25) is 0 Å². The van der Waals surface area contributed by atoms with Crippen LogP contribution in [0.15, 0.2) is 0 Å². The molecular weight excluding hydrogens is 286 g/mol. The topological polar surface area (TPSA) is 38.3 Å². The Hall–Kier alpha value is -0.570. The third-order valence-corrected chi connectivity index (χ3v) is 4.28. The van der Waals surface area contributed by atoms with Crippen LogP contribution in [0.25, 0.3) is 0 Å². The smallest absolute Gasteiger partial charge is 0.220 e. The van der Waals surface area contributed by atoms with E-state index in [2.05, 4.69) is 12.2 Å². The van der Waals surface area contributed by atoms with Gasteiger partial charge in [0.1, 0.15) is 0 Å². The molecule has 0 saturated heterocycles. The minimum Gasteiger partial charge on any atom is -0.380 e. The molecule has 0 aromatic carbocycles. The molecule has 0 heterocycles. The molecule has 0 aliphatic heterocycles. The van der Waals surface area contributed by atoms with Crippen molar-refractivity contribution in [1.82, 2.24) is 5.32 Å². The monoisotopic (exact) mass is 327 g/mol. The second kappa shape index (κ2) is 19.5. The molecule has 23 heavy (non-hydrogen) atoms. The molecular formula is C20H41NO2. The highest BCUT2D eigenvalue weighted by molar-refractivity contribution is 5.75. The number of hydrogen-bond donors (Lipinski definition) is 1. The highest BCUT2D eigenvalue weighted by Gasteiger charge is 2.00. The Balaban J connectivity index is 3.08. The third kappa shape index (κ3) is 19.4. The highest BCUT2D eigenvalue weighted by atomic mass is 16.5. The summed E-state index contributed by atoms with van der Waals surface area (Å²) in [7, 11) is 0. The van der Waals surface area contributed by atoms with E-state index in [1.165, 1.54) is 77.0 Å². The second-order valence-electron chi connectivity index (χ2n) is 6.54. The number of rotatable bonds is 18. The molecule has 0 saturated carbocycles. The van der Waals surface area contributed by atoms with Crippen molar-refractivity contribution in [3.8, 4) is 0 Å². The van der Waals surface area contributed by atoms with E-state index in [-0.39, 0.29) is 5.91 Å². The van der Waals surface area contributed by atoms with Crippen molar-refractivity contribution in [3.63, 3.8) is 0 Å². The molecule has 1 amide bonds. The van der Waals surface area contributed by atoms with Crippen LogP contribution in [0.4, 0.5) is 0 Å². The van der Waals surface area contributed by atoms with E-state index in [9.17, 15) is 4.79 Å². The quantitative estimate of drug-likeness (QED) is 0.332. The molecule has 138 valence electrons. The summed E-state index contributed by atoms with van der Waals surface area (Å²) in [5.41, 5.74) is 0. The van der Waals surface area contributed by atoms with Crippen molar-refractivity contribution in [2.24, 2.45) is 0 Å². The first-order valence-electron chi connectivity index (χ1n) is 10.2. The zero-order chi connectivity index (χ0) is 17.0. The molecule has 3 heteroatoms. The molecule has 0 aliphatic carbocycles. The second-order valence-corrected chi connectivity index (χ2v) is 6.54. The fraction of sp³-hybridized carbons (Fsp3) is 0.950. The van der Waals surface area contributed by atoms with E-state index < -0.39 is 0 Å². The zero-order valence-corrected chi connectivity index (χ0v) is 15.8. The number of amides is 1. The number of unbranched alkanes of at least 4 members (excludes halogenated alkanes) is 12. The van der Waals surface area contributed by atoms with Gasteiger partial charge in [-0.1, -0.05) is 84.0 Å². The molecule has 0 bridgehead atoms. The van der Waals surface area contributed by atoms with Crippen LogP contribution < -0.4 is 5.32 Å². The first kappa shape index (κ1) is 22.4. The average molecular weight is 328 g/mol. The largest absolute Gasteiger partial charge is 0.380 e. The third-order valence-electron chi connectivity index (χ3n) is 4.28. The first-order valence-corrected chi connectivity index (χ1v) is 10.2. The Kier molecular flexibility index (Phi) is 19.0. The van der Waals surface area contributed by atoms with Crippen LogP contribution in [-0.2, 0) is 9.53 Å². The lowest BCUT2D eigenvalue weighted by molar-refractivity contribution is -0.121. The van der Waals surface area contributed by atoms with Gasteiger partial charge in [-0.25, -0.2) is 0 Å². The van der Waals surface area contributed by atoms with E-state index in [0.29, 0.717) is 26.2 Å². The van der Waals surface area contributed by atoms with Crippen LogP contribution in [0, 0.1) is 0 Å². The summed E-state index contributed by atoms with van der Waals surface area (Å²) in [4.78, 5) is 11.5. The van der Waals surface area contributed by atoms with Crippen LogP contribution in [0.5, 0.6) is 0 Å². The molecule has 0 fully saturated rings. The summed E-state index contributed by atoms with van der Waals surface area (Å²) in [6.07, 6.45) is 18.1. The number of hydrogen-bond acceptors (Lipinski definition) is 2. The Morgan fingerprint density at radius 1 is 0.739 bits per heavy atom. The van der Waals surface area contributed by atoms with Gasteiger partial charge >= 0.3 is 0 Å². The van der Waals surface area contributed by atoms with Crippen LogP contribution in [0.1, 0.15) is 104 Å². The standard InChI is InChI=1S/C20H41NO2/c1-3-5-6-7-8-9-10-11-12-13-14-15-16-17-20(22)21-18-19-23-4-2/h3-19H2,1-2H3,(H,21,22). The van der Waals surface area contributed by atoms with Gasteiger partial charge in [0, 0.05) is 19.6 Å². The van der Waals surface area contributed by atoms with Gasteiger partial charge in [-0.05, 0) is 13.3 Å². The fourth-order valence-corrected chi connectivity index (χ4v) is 2.80. The van der Waals surface area contributed by atoms with E-state index in [1.54, 1.807) is 0 Å². The van der Waals surface area contributed by atoms with Gasteiger partial charge in [-0.3, -0.25) is 4.79 Å². The van der Waals surface area contributed by atoms with E-state index in [1.807, 2.05) is 6.92 Å². The van der Waals surface area contributed by atoms with Gasteiger partial charge in [0.2, 0.25) is 5.91 Å². The van der Waals surface area contributed by atoms with E-state index in [0.717, 1.165) is 6.42 Å². The minimum absolute atomic E-state index is 0.174. The summed E-state index contributed by atoms with van der Waals surface area (Å²) in [5, 5.41) is 2.90. The molecule has 0 aromatic heterocycles. The fourth-order valence-electron chi connectivity index (χ4n) is 2.80. The number of carbonyl (C=O) groups is 1. The van der Waals surface area contributed by atoms with Gasteiger partial charge in [-0.15, -0.1) is 0 Å². The summed E-state index contributed by atoms with van der Waals surface area (Å²) < 4.78 is 5.19. The highest BCUT2D eigenvalue weighted by Crippen LogP contribution is 2.12. The van der Waals surface area contributed by atoms with Crippen molar-refractivity contribution >= 4 is 5.91 Å². The average Bonchev–Trinajstić information content (AvgIpc) is 2.56. The SMILES string of the molecule is CCCCCCCCCCCCCCCC(=O)NCCOCC. The van der Waals surface area contributed by atoms with Gasteiger partial charge in [0.25, 0.3) is 0 Å². The lowest BCUT2D eigenvalue weighted by atomic mass is 10.0. The normalized spacial score (nSPS) is 10.9. The lowest BCUT2D eigenvalue weighted by Gasteiger charge is -2.05. The van der Waals surface area contributed by atoms with Crippen molar-refractivity contribution in [3.05, 3.63) is 0 Å². The Morgan fingerprint density at radius 2 is 1.22 bits per heavy atom. The Bertz CT molecular complexity index is 244. The van der Waals surface area contributed by atoms with E-state index in [4.69, 9.17) is 4.74 Å². The van der Waals surface area contributed by atoms with Crippen molar-refractivity contribution in [1.29, 1.82) is 0 Å². The molecule has 0 aliphatic rings. The Labute approximate surface area is 144 Å². The molecule has 3 nitrogen and oxygen atoms in total. The van der Waals surface area contributed by atoms with Gasteiger partial charge in [0.15, 0.2) is 0 Å². The summed E-state index contributed by atoms with van der Waals surface area (Å²) in [5.74, 6) is 0.174. The number of nitrogens with one attached hydrogen (secondary N) is 1. The maximum atomic E-state index is 11.5. The van der Waals surface area contributed by atoms with E-state index >= 15 is 0 Å². The maximum Gasteiger partial charge on any atom is 0.220 e. The van der Waals surface area contributed by atoms with Gasteiger partial charge in [-0.2, -0.15) is 0 Å². The first-order chi connectivity index (χ1) is 11.3. The Morgan fingerprint density at radius 3 is 1.70 bits per heavy atom. The molecule has 1 N–H and O–H groups in total. The van der Waals surface area contributed by atoms with Gasteiger partial charge in [0.05, 0.1) is 6.61 Å². The summed E-state index contributed by atoms with van der Waals surface area (Å²) in [6.45, 7) is 6.23. The lowest BCUT2D eigenvalue weighted by Crippen LogP contribution is -2.26. The summed E-state index contributed by atoms with van der Waals surface area (Å²) >= 11 is 0. The molecule has 0 spiro atoms. The number of carbonyl (C=O) groups excluding carboxylic acids is 1. The molecule has 0 radical (unpaired) electrons. The summed E-state index contributed by atoms with van der Waals surface area (Å²) in [6, 6.07) is 0. The van der Waals surface area contributed by atoms with Crippen molar-refractivity contribution in [2.75, 3.05) is 19.8 Å². The molecule has 0 unspecified atom stereocenters. The molecule has 0 rings (SSSR count). The van der Waals surface area contributed by atoms with Crippen LogP contribution >= 0.6 is 0 Å². The van der Waals surface area contributed by atoms with Crippen molar-refractivity contribution < 1.29 is 9.53 Å². The molecule has 0 aromatic rings. The van der Waals surface area contributed by atoms with Crippen LogP contribution in [0.3, 0.4) is 0 Å². The van der Waals surface area contributed by atoms with Crippen molar-refractivity contribution in [2.45, 2.75) is 104 Å². The minimum atomic E-state index is 0.174. The number of ether oxygens (including phenoxy) is 1. The maximum absolute atomic E-state index is 11.5. The molecule has 0 atom stereocenters. The van der Waals surface area contributed by atoms with Crippen LogP contribution in [-0.4, -0.2) is 25.7 Å². The zero-order valence-electron chi connectivity index (χ0n) is 15.8. The van der Waals surface area contributed by atoms with Gasteiger partial charge < -0.3 is 10.1 Å². The predicted octanol–water partition coefficient (Wildman–Crippen LogP) is 5.62.